The van der Waals surface area contributed by atoms with Crippen molar-refractivity contribution < 1.29 is 4.79 Å². The maximum atomic E-state index is 12.9. The van der Waals surface area contributed by atoms with Crippen LogP contribution < -0.4 is 11.0 Å². The van der Waals surface area contributed by atoms with E-state index in [1.54, 1.807) is 30.5 Å². The number of nitrogens with one attached hydrogen (secondary N) is 1. The molecular weight excluding hydrogens is 444 g/mol. The lowest BCUT2D eigenvalue weighted by Crippen LogP contribution is -2.29. The Balaban J connectivity index is 1.68. The van der Waals surface area contributed by atoms with Crippen LogP contribution in [0.2, 0.25) is 0 Å². The van der Waals surface area contributed by atoms with Gasteiger partial charge in [-0.15, -0.1) is 0 Å². The largest absolute Gasteiger partial charge is 0.292 e. The molecule has 0 saturated carbocycles. The summed E-state index contributed by atoms with van der Waals surface area (Å²) in [5.41, 5.74) is 4.15. The molecule has 1 amide bonds. The van der Waals surface area contributed by atoms with E-state index in [1.807, 2.05) is 54.6 Å². The Hall–Kier alpha value is -3.58. The number of hydrogen-bond donors (Lipinski definition) is 1. The van der Waals surface area contributed by atoms with Gasteiger partial charge in [-0.05, 0) is 17.7 Å². The van der Waals surface area contributed by atoms with E-state index in [-0.39, 0.29) is 17.8 Å². The number of benzene rings is 3. The van der Waals surface area contributed by atoms with Crippen molar-refractivity contribution in [2.75, 3.05) is 0 Å². The number of hydrazone groups is 1. The summed E-state index contributed by atoms with van der Waals surface area (Å²) in [4.78, 5) is 25.7. The molecule has 7 heteroatoms. The van der Waals surface area contributed by atoms with Gasteiger partial charge in [0, 0.05) is 15.4 Å². The van der Waals surface area contributed by atoms with Crippen LogP contribution in [0.1, 0.15) is 21.6 Å². The zero-order valence-electron chi connectivity index (χ0n) is 15.8. The smallest absolute Gasteiger partial charge is 0.267 e. The fourth-order valence-corrected chi connectivity index (χ4v) is 3.45. The van der Waals surface area contributed by atoms with E-state index in [4.69, 9.17) is 0 Å². The first kappa shape index (κ1) is 19.7. The molecule has 4 rings (SSSR count). The topological polar surface area (TPSA) is 76.3 Å². The fraction of sp³-hybridized carbons (Fsp3) is 0.0435. The van der Waals surface area contributed by atoms with Gasteiger partial charge in [-0.3, -0.25) is 9.59 Å². The first-order valence-electron chi connectivity index (χ1n) is 9.25. The van der Waals surface area contributed by atoms with Crippen molar-refractivity contribution in [1.29, 1.82) is 0 Å². The van der Waals surface area contributed by atoms with Crippen molar-refractivity contribution in [2.24, 2.45) is 5.10 Å². The minimum absolute atomic E-state index is 0.144. The molecular formula is C23H17BrN4O2. The van der Waals surface area contributed by atoms with Crippen molar-refractivity contribution >= 4 is 38.8 Å². The number of rotatable bonds is 5. The van der Waals surface area contributed by atoms with Gasteiger partial charge in [0.05, 0.1) is 18.1 Å². The van der Waals surface area contributed by atoms with Crippen LogP contribution in [0.4, 0.5) is 0 Å². The quantitative estimate of drug-likeness (QED) is 0.361. The van der Waals surface area contributed by atoms with E-state index in [1.165, 1.54) is 4.68 Å². The van der Waals surface area contributed by atoms with Crippen LogP contribution in [0.5, 0.6) is 0 Å². The molecule has 0 unspecified atom stereocenters. The van der Waals surface area contributed by atoms with Gasteiger partial charge in [0.2, 0.25) is 0 Å². The number of nitrogens with zero attached hydrogens (tertiary/aromatic N) is 3. The molecule has 30 heavy (non-hydrogen) atoms. The van der Waals surface area contributed by atoms with Crippen molar-refractivity contribution in [3.05, 3.63) is 111 Å². The van der Waals surface area contributed by atoms with Gasteiger partial charge in [0.1, 0.15) is 0 Å². The standard InChI is InChI=1S/C23H17BrN4O2/c24-20-13-7-4-10-17(20)14-25-26-22(29)21-18-11-5-6-12-19(18)23(30)28(27-21)15-16-8-2-1-3-9-16/h1-14H,15H2,(H,26,29)/b25-14+. The summed E-state index contributed by atoms with van der Waals surface area (Å²) in [6.07, 6.45) is 1.55. The number of fused-ring (bicyclic) bond motifs is 1. The van der Waals surface area contributed by atoms with Gasteiger partial charge in [-0.2, -0.15) is 10.2 Å². The molecule has 0 saturated heterocycles. The number of amides is 1. The minimum atomic E-state index is -0.490. The number of carbonyl (C=O) groups is 1. The molecule has 3 aromatic carbocycles. The van der Waals surface area contributed by atoms with Gasteiger partial charge >= 0.3 is 0 Å². The number of aromatic nitrogens is 2. The van der Waals surface area contributed by atoms with E-state index in [9.17, 15) is 9.59 Å². The Bertz CT molecular complexity index is 1300. The van der Waals surface area contributed by atoms with Crippen molar-refractivity contribution in [3.63, 3.8) is 0 Å². The van der Waals surface area contributed by atoms with Crippen molar-refractivity contribution in [2.45, 2.75) is 6.54 Å². The van der Waals surface area contributed by atoms with Crippen LogP contribution in [0.25, 0.3) is 10.8 Å². The van der Waals surface area contributed by atoms with Crippen LogP contribution in [0, 0.1) is 0 Å². The van der Waals surface area contributed by atoms with Gasteiger partial charge in [-0.1, -0.05) is 82.7 Å². The van der Waals surface area contributed by atoms with Crippen LogP contribution in [0.15, 0.2) is 93.2 Å². The van der Waals surface area contributed by atoms with Gasteiger partial charge in [-0.25, -0.2) is 10.1 Å². The molecule has 0 spiro atoms. The van der Waals surface area contributed by atoms with Gasteiger partial charge in [0.25, 0.3) is 11.5 Å². The summed E-state index contributed by atoms with van der Waals surface area (Å²) < 4.78 is 2.17. The Morgan fingerprint density at radius 3 is 2.40 bits per heavy atom. The highest BCUT2D eigenvalue weighted by Crippen LogP contribution is 2.15. The molecule has 0 fully saturated rings. The monoisotopic (exact) mass is 460 g/mol. The molecule has 0 aliphatic rings. The molecule has 1 N–H and O–H groups in total. The normalized spacial score (nSPS) is 11.1. The van der Waals surface area contributed by atoms with Gasteiger partial charge < -0.3 is 0 Å². The van der Waals surface area contributed by atoms with E-state index >= 15 is 0 Å². The Morgan fingerprint density at radius 1 is 0.967 bits per heavy atom. The van der Waals surface area contributed by atoms with E-state index in [0.29, 0.717) is 10.8 Å². The molecule has 6 nitrogen and oxygen atoms in total. The molecule has 1 heterocycles. The van der Waals surface area contributed by atoms with E-state index in [2.05, 4.69) is 31.6 Å². The molecule has 0 aliphatic heterocycles. The minimum Gasteiger partial charge on any atom is -0.267 e. The van der Waals surface area contributed by atoms with Gasteiger partial charge in [0.15, 0.2) is 5.69 Å². The van der Waals surface area contributed by atoms with E-state index < -0.39 is 5.91 Å². The third-order valence-corrected chi connectivity index (χ3v) is 5.26. The number of halogens is 1. The summed E-state index contributed by atoms with van der Waals surface area (Å²) in [5.74, 6) is -0.490. The second-order valence-electron chi connectivity index (χ2n) is 6.56. The molecule has 0 bridgehead atoms. The van der Waals surface area contributed by atoms with Crippen LogP contribution in [-0.2, 0) is 6.54 Å². The lowest BCUT2D eigenvalue weighted by molar-refractivity contribution is 0.0949. The third-order valence-electron chi connectivity index (χ3n) is 4.53. The first-order chi connectivity index (χ1) is 14.6. The maximum absolute atomic E-state index is 12.9. The summed E-state index contributed by atoms with van der Waals surface area (Å²) in [6.45, 7) is 0.269. The van der Waals surface area contributed by atoms with Crippen LogP contribution in [-0.4, -0.2) is 21.9 Å². The Kier molecular flexibility index (Phi) is 5.81. The first-order valence-corrected chi connectivity index (χ1v) is 10.0. The lowest BCUT2D eigenvalue weighted by Gasteiger charge is -2.10. The molecule has 4 aromatic rings. The second kappa shape index (κ2) is 8.84. The molecule has 0 aliphatic carbocycles. The maximum Gasteiger partial charge on any atom is 0.292 e. The SMILES string of the molecule is O=C(N/N=C/c1ccccc1Br)c1nn(Cc2ccccc2)c(=O)c2ccccc12. The van der Waals surface area contributed by atoms with Crippen LogP contribution in [0.3, 0.4) is 0 Å². The Labute approximate surface area is 181 Å². The lowest BCUT2D eigenvalue weighted by atomic mass is 10.1. The zero-order chi connectivity index (χ0) is 20.9. The molecule has 1 aromatic heterocycles. The van der Waals surface area contributed by atoms with Crippen molar-refractivity contribution in [3.8, 4) is 0 Å². The molecule has 0 radical (unpaired) electrons. The fourth-order valence-electron chi connectivity index (χ4n) is 3.06. The summed E-state index contributed by atoms with van der Waals surface area (Å²) in [7, 11) is 0. The predicted molar refractivity (Wildman–Crippen MR) is 121 cm³/mol. The second-order valence-corrected chi connectivity index (χ2v) is 7.42. The average Bonchev–Trinajstić information content (AvgIpc) is 2.77. The van der Waals surface area contributed by atoms with E-state index in [0.717, 1.165) is 15.6 Å². The average molecular weight is 461 g/mol. The highest BCUT2D eigenvalue weighted by Gasteiger charge is 2.16. The number of carbonyl (C=O) groups excluding carboxylic acids is 1. The highest BCUT2D eigenvalue weighted by atomic mass is 79.9. The summed E-state index contributed by atoms with van der Waals surface area (Å²) in [6, 6.07) is 24.0. The predicted octanol–water partition coefficient (Wildman–Crippen LogP) is 3.97. The molecule has 0 atom stereocenters. The summed E-state index contributed by atoms with van der Waals surface area (Å²) >= 11 is 3.44. The number of hydrogen-bond acceptors (Lipinski definition) is 4. The molecule has 148 valence electrons. The Morgan fingerprint density at radius 2 is 1.63 bits per heavy atom. The highest BCUT2D eigenvalue weighted by molar-refractivity contribution is 9.10. The summed E-state index contributed by atoms with van der Waals surface area (Å²) in [5, 5.41) is 9.31. The van der Waals surface area contributed by atoms with Crippen LogP contribution >= 0.6 is 15.9 Å². The zero-order valence-corrected chi connectivity index (χ0v) is 17.4. The third kappa shape index (κ3) is 4.21. The van der Waals surface area contributed by atoms with Crippen molar-refractivity contribution in [1.82, 2.24) is 15.2 Å².